The van der Waals surface area contributed by atoms with Crippen LogP contribution in [0, 0.1) is 5.82 Å². The van der Waals surface area contributed by atoms with Crippen molar-refractivity contribution < 1.29 is 18.7 Å². The Bertz CT molecular complexity index is 640. The third-order valence-electron chi connectivity index (χ3n) is 3.47. The zero-order chi connectivity index (χ0) is 16.8. The Balaban J connectivity index is 1.92. The Morgan fingerprint density at radius 3 is 2.13 bits per heavy atom. The summed E-state index contributed by atoms with van der Waals surface area (Å²) in [6.07, 6.45) is -0.647. The van der Waals surface area contributed by atoms with Gasteiger partial charge in [0, 0.05) is 0 Å². The van der Waals surface area contributed by atoms with Crippen molar-refractivity contribution in [2.45, 2.75) is 26.0 Å². The molecule has 4 nitrogen and oxygen atoms in total. The molecule has 0 fully saturated rings. The van der Waals surface area contributed by atoms with E-state index in [-0.39, 0.29) is 17.8 Å². The van der Waals surface area contributed by atoms with Crippen molar-refractivity contribution in [1.29, 1.82) is 0 Å². The molecule has 0 aliphatic heterocycles. The first-order valence-corrected chi connectivity index (χ1v) is 7.36. The topological polar surface area (TPSA) is 47.6 Å². The molecule has 5 heteroatoms. The van der Waals surface area contributed by atoms with Crippen molar-refractivity contribution in [3.63, 3.8) is 0 Å². The number of halogens is 1. The average molecular weight is 317 g/mol. The van der Waals surface area contributed by atoms with E-state index in [0.29, 0.717) is 5.75 Å². The molecule has 0 unspecified atom stereocenters. The standard InChI is InChI=1S/C18H20FNO3/c1-12(14-4-6-15(19)7-5-14)20-18(21)13(2)23-17-10-8-16(22-3)9-11-17/h4-13H,1-3H3,(H,20,21)/t12-,13-/m1/s1. The normalized spacial score (nSPS) is 13.0. The summed E-state index contributed by atoms with van der Waals surface area (Å²) < 4.78 is 23.6. The van der Waals surface area contributed by atoms with Gasteiger partial charge in [0.15, 0.2) is 6.10 Å². The third-order valence-corrected chi connectivity index (χ3v) is 3.47. The maximum absolute atomic E-state index is 12.9. The molecule has 0 bridgehead atoms. The van der Waals surface area contributed by atoms with Crippen LogP contribution >= 0.6 is 0 Å². The molecule has 0 aliphatic carbocycles. The first-order chi connectivity index (χ1) is 11.0. The molecule has 2 aromatic carbocycles. The number of nitrogens with one attached hydrogen (secondary N) is 1. The summed E-state index contributed by atoms with van der Waals surface area (Å²) in [6.45, 7) is 3.52. The van der Waals surface area contributed by atoms with Crippen molar-refractivity contribution in [3.05, 3.63) is 59.9 Å². The van der Waals surface area contributed by atoms with Gasteiger partial charge in [-0.05, 0) is 55.8 Å². The monoisotopic (exact) mass is 317 g/mol. The van der Waals surface area contributed by atoms with Crippen LogP contribution in [0.3, 0.4) is 0 Å². The Morgan fingerprint density at radius 2 is 1.57 bits per heavy atom. The molecule has 23 heavy (non-hydrogen) atoms. The van der Waals surface area contributed by atoms with Crippen LogP contribution in [0.4, 0.5) is 4.39 Å². The van der Waals surface area contributed by atoms with Crippen molar-refractivity contribution in [3.8, 4) is 11.5 Å². The van der Waals surface area contributed by atoms with Crippen LogP contribution in [0.25, 0.3) is 0 Å². The highest BCUT2D eigenvalue weighted by atomic mass is 19.1. The van der Waals surface area contributed by atoms with Gasteiger partial charge in [0.1, 0.15) is 17.3 Å². The van der Waals surface area contributed by atoms with Gasteiger partial charge in [-0.3, -0.25) is 4.79 Å². The van der Waals surface area contributed by atoms with Gasteiger partial charge in [0.05, 0.1) is 13.2 Å². The highest BCUT2D eigenvalue weighted by molar-refractivity contribution is 5.81. The highest BCUT2D eigenvalue weighted by Gasteiger charge is 2.17. The summed E-state index contributed by atoms with van der Waals surface area (Å²) in [5, 5.41) is 2.85. The summed E-state index contributed by atoms with van der Waals surface area (Å²) >= 11 is 0. The maximum Gasteiger partial charge on any atom is 0.261 e. The van der Waals surface area contributed by atoms with Crippen molar-refractivity contribution in [1.82, 2.24) is 5.32 Å². The van der Waals surface area contributed by atoms with E-state index in [2.05, 4.69) is 5.32 Å². The van der Waals surface area contributed by atoms with Crippen LogP contribution in [-0.2, 0) is 4.79 Å². The fourth-order valence-electron chi connectivity index (χ4n) is 2.08. The van der Waals surface area contributed by atoms with E-state index in [1.807, 2.05) is 6.92 Å². The summed E-state index contributed by atoms with van der Waals surface area (Å²) in [6, 6.07) is 12.8. The molecule has 1 amide bonds. The first-order valence-electron chi connectivity index (χ1n) is 7.36. The van der Waals surface area contributed by atoms with Crippen LogP contribution in [0.5, 0.6) is 11.5 Å². The molecule has 0 saturated heterocycles. The Kier molecular flexibility index (Phi) is 5.57. The summed E-state index contributed by atoms with van der Waals surface area (Å²) in [4.78, 5) is 12.2. The van der Waals surface area contributed by atoms with Crippen LogP contribution in [0.15, 0.2) is 48.5 Å². The van der Waals surface area contributed by atoms with Crippen molar-refractivity contribution in [2.24, 2.45) is 0 Å². The molecule has 2 atom stereocenters. The van der Waals surface area contributed by atoms with Gasteiger partial charge in [0.25, 0.3) is 5.91 Å². The van der Waals surface area contributed by atoms with Crippen molar-refractivity contribution >= 4 is 5.91 Å². The molecule has 122 valence electrons. The second-order valence-electron chi connectivity index (χ2n) is 5.22. The van der Waals surface area contributed by atoms with E-state index in [9.17, 15) is 9.18 Å². The second kappa shape index (κ2) is 7.63. The quantitative estimate of drug-likeness (QED) is 0.887. The number of ether oxygens (including phenoxy) is 2. The fourth-order valence-corrected chi connectivity index (χ4v) is 2.08. The zero-order valence-electron chi connectivity index (χ0n) is 13.4. The van der Waals surface area contributed by atoms with E-state index in [1.165, 1.54) is 12.1 Å². The predicted molar refractivity (Wildman–Crippen MR) is 86.0 cm³/mol. The molecule has 0 spiro atoms. The lowest BCUT2D eigenvalue weighted by atomic mass is 10.1. The van der Waals surface area contributed by atoms with Crippen molar-refractivity contribution in [2.75, 3.05) is 7.11 Å². The molecule has 0 heterocycles. The van der Waals surface area contributed by atoms with Gasteiger partial charge in [-0.1, -0.05) is 12.1 Å². The fraction of sp³-hybridized carbons (Fsp3) is 0.278. The van der Waals surface area contributed by atoms with Crippen LogP contribution in [0.2, 0.25) is 0 Å². The number of methoxy groups -OCH3 is 1. The zero-order valence-corrected chi connectivity index (χ0v) is 13.4. The Labute approximate surface area is 135 Å². The summed E-state index contributed by atoms with van der Waals surface area (Å²) in [7, 11) is 1.59. The number of carbonyl (C=O) groups is 1. The molecule has 0 aromatic heterocycles. The SMILES string of the molecule is COc1ccc(O[C@H](C)C(=O)N[C@H](C)c2ccc(F)cc2)cc1. The first kappa shape index (κ1) is 16.8. The number of benzene rings is 2. The van der Waals surface area contributed by atoms with E-state index in [0.717, 1.165) is 11.3 Å². The molecule has 0 radical (unpaired) electrons. The van der Waals surface area contributed by atoms with Gasteiger partial charge in [-0.2, -0.15) is 0 Å². The van der Waals surface area contributed by atoms with Crippen LogP contribution < -0.4 is 14.8 Å². The number of carbonyl (C=O) groups excluding carboxylic acids is 1. The van der Waals surface area contributed by atoms with E-state index >= 15 is 0 Å². The second-order valence-corrected chi connectivity index (χ2v) is 5.22. The minimum absolute atomic E-state index is 0.231. The number of hydrogen-bond acceptors (Lipinski definition) is 3. The van der Waals surface area contributed by atoms with E-state index in [1.54, 1.807) is 50.4 Å². The lowest BCUT2D eigenvalue weighted by Crippen LogP contribution is -2.37. The highest BCUT2D eigenvalue weighted by Crippen LogP contribution is 2.19. The van der Waals surface area contributed by atoms with Crippen LogP contribution in [-0.4, -0.2) is 19.1 Å². The number of amides is 1. The lowest BCUT2D eigenvalue weighted by Gasteiger charge is -2.19. The minimum atomic E-state index is -0.647. The predicted octanol–water partition coefficient (Wildman–Crippen LogP) is 3.48. The van der Waals surface area contributed by atoms with Gasteiger partial charge in [-0.25, -0.2) is 4.39 Å². The third kappa shape index (κ3) is 4.71. The Hall–Kier alpha value is -2.56. The summed E-state index contributed by atoms with van der Waals surface area (Å²) in [5.74, 6) is 0.767. The molecule has 0 aliphatic rings. The van der Waals surface area contributed by atoms with E-state index < -0.39 is 6.10 Å². The average Bonchev–Trinajstić information content (AvgIpc) is 2.56. The molecular formula is C18H20FNO3. The van der Waals surface area contributed by atoms with Gasteiger partial charge in [-0.15, -0.1) is 0 Å². The lowest BCUT2D eigenvalue weighted by molar-refractivity contribution is -0.127. The molecule has 0 saturated carbocycles. The van der Waals surface area contributed by atoms with Gasteiger partial charge in [0.2, 0.25) is 0 Å². The largest absolute Gasteiger partial charge is 0.497 e. The molecule has 1 N–H and O–H groups in total. The number of hydrogen-bond donors (Lipinski definition) is 1. The van der Waals surface area contributed by atoms with E-state index in [4.69, 9.17) is 9.47 Å². The minimum Gasteiger partial charge on any atom is -0.497 e. The maximum atomic E-state index is 12.9. The molecular weight excluding hydrogens is 297 g/mol. The molecule has 2 aromatic rings. The summed E-state index contributed by atoms with van der Waals surface area (Å²) in [5.41, 5.74) is 0.830. The van der Waals surface area contributed by atoms with Crippen LogP contribution in [0.1, 0.15) is 25.5 Å². The smallest absolute Gasteiger partial charge is 0.261 e. The van der Waals surface area contributed by atoms with Gasteiger partial charge < -0.3 is 14.8 Å². The number of rotatable bonds is 6. The Morgan fingerprint density at radius 1 is 1.00 bits per heavy atom. The van der Waals surface area contributed by atoms with Gasteiger partial charge >= 0.3 is 0 Å². The molecule has 2 rings (SSSR count).